The van der Waals surface area contributed by atoms with Crippen LogP contribution >= 0.6 is 34.7 Å². The quantitative estimate of drug-likeness (QED) is 0.786. The number of hydrogen-bond acceptors (Lipinski definition) is 4. The third-order valence-corrected chi connectivity index (χ3v) is 4.51. The predicted molar refractivity (Wildman–Crippen MR) is 70.4 cm³/mol. The lowest BCUT2D eigenvalue weighted by molar-refractivity contribution is 1.04. The van der Waals surface area contributed by atoms with Gasteiger partial charge in [-0.05, 0) is 37.1 Å². The van der Waals surface area contributed by atoms with Crippen LogP contribution in [0.4, 0.5) is 0 Å². The van der Waals surface area contributed by atoms with E-state index in [1.54, 1.807) is 11.8 Å². The number of benzene rings is 1. The van der Waals surface area contributed by atoms with Crippen LogP contribution in [0.15, 0.2) is 23.1 Å². The van der Waals surface area contributed by atoms with Gasteiger partial charge in [-0.3, -0.25) is 0 Å². The van der Waals surface area contributed by atoms with Crippen LogP contribution in [0.1, 0.15) is 16.1 Å². The standard InChI is InChI=1S/C11H11ClN2S2/c1-7-3-4-9(8(2)5-7)15-6-10-13-14-11(12)16-10/h3-5H,6H2,1-2H3. The second kappa shape index (κ2) is 5.17. The average Bonchev–Trinajstić information content (AvgIpc) is 2.63. The fourth-order valence-corrected chi connectivity index (χ4v) is 3.25. The van der Waals surface area contributed by atoms with E-state index >= 15 is 0 Å². The van der Waals surface area contributed by atoms with Gasteiger partial charge in [0.25, 0.3) is 0 Å². The minimum Gasteiger partial charge on any atom is -0.141 e. The molecule has 16 heavy (non-hydrogen) atoms. The highest BCUT2D eigenvalue weighted by atomic mass is 35.5. The summed E-state index contributed by atoms with van der Waals surface area (Å²) in [5.74, 6) is 0.828. The Balaban J connectivity index is 2.04. The van der Waals surface area contributed by atoms with Crippen molar-refractivity contribution in [2.75, 3.05) is 0 Å². The van der Waals surface area contributed by atoms with Gasteiger partial charge >= 0.3 is 0 Å². The van der Waals surface area contributed by atoms with E-state index in [9.17, 15) is 0 Å². The van der Waals surface area contributed by atoms with Gasteiger partial charge in [0.15, 0.2) is 0 Å². The third kappa shape index (κ3) is 2.97. The number of nitrogens with zero attached hydrogens (tertiary/aromatic N) is 2. The van der Waals surface area contributed by atoms with Gasteiger partial charge in [-0.25, -0.2) is 0 Å². The van der Waals surface area contributed by atoms with Gasteiger partial charge in [0.05, 0.1) is 5.75 Å². The molecule has 0 unspecified atom stereocenters. The number of aryl methyl sites for hydroxylation is 2. The van der Waals surface area contributed by atoms with Crippen LogP contribution in [0.25, 0.3) is 0 Å². The number of rotatable bonds is 3. The summed E-state index contributed by atoms with van der Waals surface area (Å²) in [7, 11) is 0. The number of aromatic nitrogens is 2. The first-order valence-corrected chi connectivity index (χ1v) is 7.01. The molecule has 0 radical (unpaired) electrons. The summed E-state index contributed by atoms with van der Waals surface area (Å²) >= 11 is 8.94. The molecule has 0 bridgehead atoms. The topological polar surface area (TPSA) is 25.8 Å². The summed E-state index contributed by atoms with van der Waals surface area (Å²) in [5, 5.41) is 8.75. The Morgan fingerprint density at radius 1 is 1.31 bits per heavy atom. The Kier molecular flexibility index (Phi) is 3.84. The van der Waals surface area contributed by atoms with Crippen molar-refractivity contribution in [2.24, 2.45) is 0 Å². The molecule has 5 heteroatoms. The normalized spacial score (nSPS) is 10.7. The molecule has 0 N–H and O–H groups in total. The maximum Gasteiger partial charge on any atom is 0.207 e. The molecule has 0 fully saturated rings. The lowest BCUT2D eigenvalue weighted by atomic mass is 10.2. The fraction of sp³-hybridized carbons (Fsp3) is 0.273. The van der Waals surface area contributed by atoms with E-state index in [2.05, 4.69) is 42.2 Å². The summed E-state index contributed by atoms with van der Waals surface area (Å²) in [4.78, 5) is 1.29. The summed E-state index contributed by atoms with van der Waals surface area (Å²) in [6.45, 7) is 4.23. The Morgan fingerprint density at radius 2 is 2.12 bits per heavy atom. The van der Waals surface area contributed by atoms with Gasteiger partial charge < -0.3 is 0 Å². The van der Waals surface area contributed by atoms with E-state index in [1.807, 2.05) is 0 Å². The van der Waals surface area contributed by atoms with E-state index in [0.717, 1.165) is 10.8 Å². The predicted octanol–water partition coefficient (Wildman–Crippen LogP) is 4.10. The molecule has 1 heterocycles. The first-order valence-electron chi connectivity index (χ1n) is 4.83. The lowest BCUT2D eigenvalue weighted by Crippen LogP contribution is -1.84. The second-order valence-electron chi connectivity index (χ2n) is 3.51. The van der Waals surface area contributed by atoms with Crippen molar-refractivity contribution < 1.29 is 0 Å². The van der Waals surface area contributed by atoms with Gasteiger partial charge in [0.2, 0.25) is 4.47 Å². The first kappa shape index (κ1) is 11.9. The highest BCUT2D eigenvalue weighted by molar-refractivity contribution is 7.98. The molecular formula is C11H11ClN2S2. The fourth-order valence-electron chi connectivity index (χ4n) is 1.39. The summed E-state index contributed by atoms with van der Waals surface area (Å²) in [6.07, 6.45) is 0. The van der Waals surface area contributed by atoms with E-state index in [1.165, 1.54) is 27.4 Å². The first-order chi connectivity index (χ1) is 7.65. The van der Waals surface area contributed by atoms with Crippen molar-refractivity contribution in [1.29, 1.82) is 0 Å². The van der Waals surface area contributed by atoms with Gasteiger partial charge in [-0.2, -0.15) is 0 Å². The zero-order valence-corrected chi connectivity index (χ0v) is 11.4. The monoisotopic (exact) mass is 270 g/mol. The molecule has 0 aliphatic heterocycles. The van der Waals surface area contributed by atoms with Crippen LogP contribution in [-0.2, 0) is 5.75 Å². The largest absolute Gasteiger partial charge is 0.207 e. The average molecular weight is 271 g/mol. The molecule has 0 saturated heterocycles. The zero-order valence-electron chi connectivity index (χ0n) is 9.03. The minimum absolute atomic E-state index is 0.510. The van der Waals surface area contributed by atoms with Crippen LogP contribution in [0, 0.1) is 13.8 Å². The molecule has 0 aliphatic carbocycles. The molecule has 0 aliphatic rings. The highest BCUT2D eigenvalue weighted by Crippen LogP contribution is 2.28. The zero-order chi connectivity index (χ0) is 11.5. The van der Waals surface area contributed by atoms with Crippen molar-refractivity contribution in [3.8, 4) is 0 Å². The third-order valence-electron chi connectivity index (χ3n) is 2.12. The number of halogens is 1. The van der Waals surface area contributed by atoms with Crippen molar-refractivity contribution in [1.82, 2.24) is 10.2 Å². The summed E-state index contributed by atoms with van der Waals surface area (Å²) in [5.41, 5.74) is 2.60. The smallest absolute Gasteiger partial charge is 0.141 e. The van der Waals surface area contributed by atoms with E-state index in [0.29, 0.717) is 4.47 Å². The van der Waals surface area contributed by atoms with Crippen molar-refractivity contribution in [3.63, 3.8) is 0 Å². The number of hydrogen-bond donors (Lipinski definition) is 0. The van der Waals surface area contributed by atoms with Gasteiger partial charge in [-0.15, -0.1) is 22.0 Å². The molecule has 1 aromatic heterocycles. The second-order valence-corrected chi connectivity index (χ2v) is 6.17. The molecule has 2 aromatic rings. The van der Waals surface area contributed by atoms with Gasteiger partial charge in [-0.1, -0.05) is 29.0 Å². The lowest BCUT2D eigenvalue weighted by Gasteiger charge is -2.04. The van der Waals surface area contributed by atoms with E-state index in [-0.39, 0.29) is 0 Å². The Hall–Kier alpha value is -0.580. The van der Waals surface area contributed by atoms with Crippen LogP contribution in [0.3, 0.4) is 0 Å². The Morgan fingerprint density at radius 3 is 2.75 bits per heavy atom. The van der Waals surface area contributed by atoms with E-state index in [4.69, 9.17) is 11.6 Å². The van der Waals surface area contributed by atoms with Crippen molar-refractivity contribution in [3.05, 3.63) is 38.8 Å². The molecule has 2 rings (SSSR count). The molecule has 1 aromatic carbocycles. The van der Waals surface area contributed by atoms with Crippen LogP contribution < -0.4 is 0 Å². The van der Waals surface area contributed by atoms with Crippen LogP contribution in [0.2, 0.25) is 4.47 Å². The highest BCUT2D eigenvalue weighted by Gasteiger charge is 2.04. The molecule has 0 saturated carbocycles. The van der Waals surface area contributed by atoms with Crippen LogP contribution in [-0.4, -0.2) is 10.2 Å². The van der Waals surface area contributed by atoms with Crippen LogP contribution in [0.5, 0.6) is 0 Å². The van der Waals surface area contributed by atoms with Crippen molar-refractivity contribution >= 4 is 34.7 Å². The molecule has 0 amide bonds. The molecule has 0 atom stereocenters. The van der Waals surface area contributed by atoms with Gasteiger partial charge in [0, 0.05) is 4.90 Å². The maximum atomic E-state index is 5.73. The van der Waals surface area contributed by atoms with Gasteiger partial charge in [0.1, 0.15) is 5.01 Å². The number of thioether (sulfide) groups is 1. The van der Waals surface area contributed by atoms with Crippen molar-refractivity contribution in [2.45, 2.75) is 24.5 Å². The SMILES string of the molecule is Cc1ccc(SCc2nnc(Cl)s2)c(C)c1. The molecule has 2 nitrogen and oxygen atoms in total. The minimum atomic E-state index is 0.510. The molecule has 0 spiro atoms. The molecular weight excluding hydrogens is 260 g/mol. The van der Waals surface area contributed by atoms with E-state index < -0.39 is 0 Å². The summed E-state index contributed by atoms with van der Waals surface area (Å²) in [6, 6.07) is 6.47. The summed E-state index contributed by atoms with van der Waals surface area (Å²) < 4.78 is 0.510. The Bertz CT molecular complexity index is 496. The molecule has 84 valence electrons. The maximum absolute atomic E-state index is 5.73. The Labute approximate surface area is 108 Å².